The van der Waals surface area contributed by atoms with E-state index in [-0.39, 0.29) is 17.9 Å². The van der Waals surface area contributed by atoms with E-state index in [0.29, 0.717) is 40.8 Å². The molecule has 178 valence electrons. The van der Waals surface area contributed by atoms with Gasteiger partial charge in [0.15, 0.2) is 5.82 Å². The smallest absolute Gasteiger partial charge is 0.257 e. The Morgan fingerprint density at radius 2 is 1.76 bits per heavy atom. The molecule has 2 heterocycles. The quantitative estimate of drug-likeness (QED) is 0.519. The first kappa shape index (κ1) is 23.3. The van der Waals surface area contributed by atoms with Crippen LogP contribution in [0.15, 0.2) is 54.7 Å². The fourth-order valence-electron chi connectivity index (χ4n) is 3.50. The number of methoxy groups -OCH3 is 1. The lowest BCUT2D eigenvalue weighted by Crippen LogP contribution is -2.41. The molecule has 9 nitrogen and oxygen atoms in total. The highest BCUT2D eigenvalue weighted by atomic mass is 16.5. The van der Waals surface area contributed by atoms with Crippen molar-refractivity contribution in [3.63, 3.8) is 0 Å². The predicted molar refractivity (Wildman–Crippen MR) is 127 cm³/mol. The number of carbonyl (C=O) groups is 2. The molecule has 2 aromatic carbocycles. The highest BCUT2D eigenvalue weighted by Crippen LogP contribution is 2.29. The van der Waals surface area contributed by atoms with Crippen molar-refractivity contribution in [1.29, 1.82) is 0 Å². The largest absolute Gasteiger partial charge is 0.488 e. The molecule has 1 aliphatic rings. The summed E-state index contributed by atoms with van der Waals surface area (Å²) in [5.74, 6) is 1.56. The lowest BCUT2D eigenvalue weighted by atomic mass is 10.1. The van der Waals surface area contributed by atoms with Gasteiger partial charge in [-0.2, -0.15) is 5.10 Å². The molecule has 3 aromatic rings. The van der Waals surface area contributed by atoms with E-state index < -0.39 is 0 Å². The van der Waals surface area contributed by atoms with Crippen LogP contribution in [0.25, 0.3) is 0 Å². The van der Waals surface area contributed by atoms with Gasteiger partial charge in [-0.05, 0) is 49.7 Å². The third-order valence-electron chi connectivity index (χ3n) is 5.32. The summed E-state index contributed by atoms with van der Waals surface area (Å²) >= 11 is 0. The molecule has 0 saturated carbocycles. The van der Waals surface area contributed by atoms with Crippen molar-refractivity contribution < 1.29 is 23.8 Å². The molecule has 9 heteroatoms. The molecule has 1 fully saturated rings. The Kier molecular flexibility index (Phi) is 7.12. The second-order valence-electron chi connectivity index (χ2n) is 8.18. The molecule has 2 amide bonds. The van der Waals surface area contributed by atoms with E-state index in [9.17, 15) is 9.59 Å². The van der Waals surface area contributed by atoms with Crippen LogP contribution in [-0.2, 0) is 11.8 Å². The summed E-state index contributed by atoms with van der Waals surface area (Å²) in [6.45, 7) is 3.87. The fraction of sp³-hybridized carbons (Fsp3) is 0.320. The molecule has 1 aromatic heterocycles. The van der Waals surface area contributed by atoms with Gasteiger partial charge in [0.05, 0.1) is 6.61 Å². The van der Waals surface area contributed by atoms with Crippen molar-refractivity contribution in [2.75, 3.05) is 32.1 Å². The zero-order valence-electron chi connectivity index (χ0n) is 19.5. The molecular formula is C25H28N4O5. The van der Waals surface area contributed by atoms with Crippen LogP contribution < -0.4 is 14.8 Å². The van der Waals surface area contributed by atoms with Gasteiger partial charge >= 0.3 is 0 Å². The van der Waals surface area contributed by atoms with Gasteiger partial charge in [0, 0.05) is 56.7 Å². The molecule has 1 saturated heterocycles. The predicted octanol–water partition coefficient (Wildman–Crippen LogP) is 3.72. The molecule has 0 spiro atoms. The lowest BCUT2D eigenvalue weighted by molar-refractivity contribution is 0.0651. The zero-order chi connectivity index (χ0) is 24.1. The molecule has 1 N–H and O–H groups in total. The first-order valence-electron chi connectivity index (χ1n) is 11.1. The number of ether oxygens (including phenoxy) is 3. The van der Waals surface area contributed by atoms with E-state index in [0.717, 1.165) is 19.5 Å². The lowest BCUT2D eigenvalue weighted by Gasteiger charge is -2.30. The van der Waals surface area contributed by atoms with Crippen LogP contribution in [0.5, 0.6) is 17.2 Å². The van der Waals surface area contributed by atoms with E-state index in [1.165, 1.54) is 0 Å². The Balaban J connectivity index is 1.54. The summed E-state index contributed by atoms with van der Waals surface area (Å²) in [6.07, 6.45) is 2.57. The van der Waals surface area contributed by atoms with Crippen LogP contribution >= 0.6 is 0 Å². The summed E-state index contributed by atoms with van der Waals surface area (Å²) in [5.41, 5.74) is 0.973. The molecular weight excluding hydrogens is 436 g/mol. The Hall–Kier alpha value is -3.85. The summed E-state index contributed by atoms with van der Waals surface area (Å²) in [4.78, 5) is 27.1. The first-order valence-corrected chi connectivity index (χ1v) is 11.1. The van der Waals surface area contributed by atoms with Crippen LogP contribution in [0.4, 0.5) is 5.82 Å². The average molecular weight is 465 g/mol. The average Bonchev–Trinajstić information content (AvgIpc) is 3.17. The van der Waals surface area contributed by atoms with Gasteiger partial charge in [-0.15, -0.1) is 0 Å². The van der Waals surface area contributed by atoms with E-state index >= 15 is 0 Å². The van der Waals surface area contributed by atoms with Gasteiger partial charge < -0.3 is 24.4 Å². The van der Waals surface area contributed by atoms with Gasteiger partial charge in [0.25, 0.3) is 11.8 Å². The Morgan fingerprint density at radius 3 is 2.38 bits per heavy atom. The van der Waals surface area contributed by atoms with Crippen LogP contribution in [0, 0.1) is 0 Å². The summed E-state index contributed by atoms with van der Waals surface area (Å²) < 4.78 is 18.7. The fourth-order valence-corrected chi connectivity index (χ4v) is 3.50. The van der Waals surface area contributed by atoms with E-state index in [1.807, 2.05) is 11.8 Å². The van der Waals surface area contributed by atoms with Crippen LogP contribution in [0.3, 0.4) is 0 Å². The van der Waals surface area contributed by atoms with Crippen LogP contribution in [0.1, 0.15) is 34.1 Å². The van der Waals surface area contributed by atoms with Gasteiger partial charge in [-0.1, -0.05) is 0 Å². The number of aryl methyl sites for hydroxylation is 1. The number of benzene rings is 2. The minimum absolute atomic E-state index is 0.0220. The molecule has 0 aliphatic carbocycles. The van der Waals surface area contributed by atoms with Crippen molar-refractivity contribution >= 4 is 17.6 Å². The highest BCUT2D eigenvalue weighted by Gasteiger charge is 2.21. The number of aromatic nitrogens is 2. The topological polar surface area (TPSA) is 94.9 Å². The Bertz CT molecular complexity index is 1150. The normalized spacial score (nSPS) is 13.7. The third-order valence-corrected chi connectivity index (χ3v) is 5.32. The maximum Gasteiger partial charge on any atom is 0.257 e. The number of carbonyl (C=O) groups excluding carboxylic acids is 2. The van der Waals surface area contributed by atoms with Crippen LogP contribution in [-0.4, -0.2) is 59.4 Å². The molecule has 0 bridgehead atoms. The highest BCUT2D eigenvalue weighted by molar-refractivity contribution is 6.04. The number of nitrogens with one attached hydrogen (secondary N) is 1. The van der Waals surface area contributed by atoms with Gasteiger partial charge in [0.2, 0.25) is 0 Å². The number of hydrogen-bond donors (Lipinski definition) is 1. The standard InChI is InChI=1S/C25H28N4O5/c1-17(16-32-3)33-21-13-19(24(30)26-23-9-12-28(2)27-23)14-22(15-21)34-20-7-5-18(6-8-20)25(31)29-10-4-11-29/h5-9,12-15,17H,4,10-11,16H2,1-3H3,(H,26,27,30)/t17-/m0/s1. The molecule has 0 radical (unpaired) electrons. The molecule has 0 unspecified atom stereocenters. The van der Waals surface area contributed by atoms with Crippen molar-refractivity contribution in [3.8, 4) is 17.2 Å². The van der Waals surface area contributed by atoms with Gasteiger partial charge in [-0.25, -0.2) is 0 Å². The molecule has 1 aliphatic heterocycles. The van der Waals surface area contributed by atoms with E-state index in [1.54, 1.807) is 73.6 Å². The zero-order valence-corrected chi connectivity index (χ0v) is 19.5. The number of rotatable bonds is 9. The SMILES string of the molecule is COC[C@H](C)Oc1cc(Oc2ccc(C(=O)N3CCC3)cc2)cc(C(=O)Nc2ccn(C)n2)c1. The van der Waals surface area contributed by atoms with Crippen molar-refractivity contribution in [2.45, 2.75) is 19.4 Å². The number of amides is 2. The monoisotopic (exact) mass is 464 g/mol. The molecule has 34 heavy (non-hydrogen) atoms. The third kappa shape index (κ3) is 5.74. The minimum atomic E-state index is -0.344. The van der Waals surface area contributed by atoms with Gasteiger partial charge in [0.1, 0.15) is 23.4 Å². The second kappa shape index (κ2) is 10.4. The first-order chi connectivity index (χ1) is 16.4. The summed E-state index contributed by atoms with van der Waals surface area (Å²) in [6, 6.07) is 13.7. The van der Waals surface area contributed by atoms with Gasteiger partial charge in [-0.3, -0.25) is 14.3 Å². The molecule has 1 atom stereocenters. The molecule has 4 rings (SSSR count). The van der Waals surface area contributed by atoms with Crippen LogP contribution in [0.2, 0.25) is 0 Å². The van der Waals surface area contributed by atoms with Crippen molar-refractivity contribution in [1.82, 2.24) is 14.7 Å². The number of anilines is 1. The summed E-state index contributed by atoms with van der Waals surface area (Å²) in [7, 11) is 3.37. The second-order valence-corrected chi connectivity index (χ2v) is 8.18. The maximum absolute atomic E-state index is 12.9. The van der Waals surface area contributed by atoms with Crippen molar-refractivity contribution in [3.05, 3.63) is 65.9 Å². The number of hydrogen-bond acceptors (Lipinski definition) is 6. The Labute approximate surface area is 198 Å². The minimum Gasteiger partial charge on any atom is -0.488 e. The summed E-state index contributed by atoms with van der Waals surface area (Å²) in [5, 5.41) is 6.95. The van der Waals surface area contributed by atoms with Crippen molar-refractivity contribution in [2.24, 2.45) is 7.05 Å². The van der Waals surface area contributed by atoms with E-state index in [4.69, 9.17) is 14.2 Å². The number of nitrogens with zero attached hydrogens (tertiary/aromatic N) is 3. The number of likely N-dealkylation sites (tertiary alicyclic amines) is 1. The Morgan fingerprint density at radius 1 is 1.03 bits per heavy atom. The maximum atomic E-state index is 12.9. The van der Waals surface area contributed by atoms with E-state index in [2.05, 4.69) is 10.4 Å².